The molecule has 1 amide bonds. The van der Waals surface area contributed by atoms with E-state index in [9.17, 15) is 4.79 Å². The summed E-state index contributed by atoms with van der Waals surface area (Å²) in [5, 5.41) is 12.6. The van der Waals surface area contributed by atoms with E-state index in [0.29, 0.717) is 62.9 Å². The molecular formula is C23H36N8O3. The fraction of sp³-hybridized carbons (Fsp3) is 0.565. The molecule has 0 radical (unpaired) electrons. The van der Waals surface area contributed by atoms with Crippen LogP contribution in [0.25, 0.3) is 0 Å². The van der Waals surface area contributed by atoms with Gasteiger partial charge < -0.3 is 35.6 Å². The topological polar surface area (TPSA) is 126 Å². The Morgan fingerprint density at radius 2 is 1.65 bits per heavy atom. The molecule has 34 heavy (non-hydrogen) atoms. The minimum atomic E-state index is -0.100. The lowest BCUT2D eigenvalue weighted by molar-refractivity contribution is 0.0519. The van der Waals surface area contributed by atoms with Crippen LogP contribution in [0, 0.1) is 0 Å². The lowest BCUT2D eigenvalue weighted by Gasteiger charge is -2.27. The lowest BCUT2D eigenvalue weighted by atomic mass is 10.2. The summed E-state index contributed by atoms with van der Waals surface area (Å²) < 4.78 is 11.1. The van der Waals surface area contributed by atoms with Gasteiger partial charge in [0, 0.05) is 50.9 Å². The molecule has 1 aromatic heterocycles. The van der Waals surface area contributed by atoms with Gasteiger partial charge in [0.25, 0.3) is 5.91 Å². The summed E-state index contributed by atoms with van der Waals surface area (Å²) in [5.41, 5.74) is 0.642. The minimum Gasteiger partial charge on any atom is -0.377 e. The van der Waals surface area contributed by atoms with E-state index in [4.69, 9.17) is 9.47 Å². The van der Waals surface area contributed by atoms with E-state index in [2.05, 4.69) is 55.0 Å². The highest BCUT2D eigenvalue weighted by atomic mass is 16.5. The van der Waals surface area contributed by atoms with Crippen LogP contribution in [0.5, 0.6) is 0 Å². The van der Waals surface area contributed by atoms with Gasteiger partial charge in [0.1, 0.15) is 0 Å². The van der Waals surface area contributed by atoms with Gasteiger partial charge in [0.15, 0.2) is 0 Å². The van der Waals surface area contributed by atoms with Crippen molar-refractivity contribution in [3.63, 3.8) is 0 Å². The van der Waals surface area contributed by atoms with Gasteiger partial charge in [-0.15, -0.1) is 0 Å². The first-order chi connectivity index (χ1) is 16.6. The Labute approximate surface area is 201 Å². The third kappa shape index (κ3) is 9.08. The molecule has 1 aromatic carbocycles. The van der Waals surface area contributed by atoms with Crippen molar-refractivity contribution in [3.05, 3.63) is 35.9 Å². The Morgan fingerprint density at radius 3 is 2.35 bits per heavy atom. The first kappa shape index (κ1) is 25.6. The molecule has 0 atom stereocenters. The van der Waals surface area contributed by atoms with Crippen LogP contribution in [-0.2, 0) is 9.47 Å². The first-order valence-corrected chi connectivity index (χ1v) is 11.8. The summed E-state index contributed by atoms with van der Waals surface area (Å²) in [6, 6.07) is 9.34. The van der Waals surface area contributed by atoms with Crippen molar-refractivity contribution in [1.29, 1.82) is 0 Å². The minimum absolute atomic E-state index is 0.100. The van der Waals surface area contributed by atoms with Gasteiger partial charge in [-0.25, -0.2) is 0 Å². The molecule has 11 nitrogen and oxygen atoms in total. The fourth-order valence-corrected chi connectivity index (χ4v) is 3.26. The van der Waals surface area contributed by atoms with Crippen LogP contribution in [0.2, 0.25) is 0 Å². The summed E-state index contributed by atoms with van der Waals surface area (Å²) in [4.78, 5) is 27.7. The van der Waals surface area contributed by atoms with Crippen LogP contribution >= 0.6 is 0 Å². The normalized spacial score (nSPS) is 13.7. The fourth-order valence-electron chi connectivity index (χ4n) is 3.26. The number of hydrogen-bond acceptors (Lipinski definition) is 10. The zero-order valence-corrected chi connectivity index (χ0v) is 20.0. The maximum atomic E-state index is 11.9. The number of hydrogen-bond donors (Lipinski definition) is 4. The number of piperazine rings is 1. The van der Waals surface area contributed by atoms with Crippen LogP contribution in [0.15, 0.2) is 30.3 Å². The van der Waals surface area contributed by atoms with E-state index in [1.165, 1.54) is 0 Å². The maximum absolute atomic E-state index is 11.9. The van der Waals surface area contributed by atoms with Crippen LogP contribution in [0.3, 0.4) is 0 Å². The van der Waals surface area contributed by atoms with Crippen LogP contribution in [0.4, 0.5) is 17.8 Å². The molecule has 1 fully saturated rings. The number of anilines is 3. The van der Waals surface area contributed by atoms with E-state index in [1.54, 1.807) is 12.1 Å². The van der Waals surface area contributed by atoms with Crippen molar-refractivity contribution in [1.82, 2.24) is 25.6 Å². The smallest absolute Gasteiger partial charge is 0.251 e. The van der Waals surface area contributed by atoms with Gasteiger partial charge in [0.05, 0.1) is 26.4 Å². The molecule has 0 bridgehead atoms. The molecule has 0 unspecified atom stereocenters. The van der Waals surface area contributed by atoms with E-state index in [0.717, 1.165) is 26.2 Å². The van der Waals surface area contributed by atoms with Gasteiger partial charge in [0.2, 0.25) is 17.8 Å². The molecule has 1 aliphatic heterocycles. The zero-order chi connectivity index (χ0) is 24.0. The van der Waals surface area contributed by atoms with E-state index >= 15 is 0 Å². The van der Waals surface area contributed by atoms with Gasteiger partial charge in [-0.3, -0.25) is 4.79 Å². The number of nitrogens with zero attached hydrogens (tertiary/aromatic N) is 4. The van der Waals surface area contributed by atoms with Crippen LogP contribution in [-0.4, -0.2) is 92.6 Å². The number of carbonyl (C=O) groups excluding carboxylic acids is 1. The van der Waals surface area contributed by atoms with Gasteiger partial charge in [-0.05, 0) is 26.0 Å². The average molecular weight is 473 g/mol. The molecule has 2 heterocycles. The Hall–Kier alpha value is -3.02. The highest BCUT2D eigenvalue weighted by molar-refractivity contribution is 5.94. The maximum Gasteiger partial charge on any atom is 0.251 e. The summed E-state index contributed by atoms with van der Waals surface area (Å²) in [6.07, 6.45) is 0. The number of nitrogens with one attached hydrogen (secondary N) is 4. The average Bonchev–Trinajstić information content (AvgIpc) is 2.85. The third-order valence-corrected chi connectivity index (χ3v) is 4.91. The van der Waals surface area contributed by atoms with E-state index < -0.39 is 0 Å². The van der Waals surface area contributed by atoms with Crippen molar-refractivity contribution in [3.8, 4) is 0 Å². The summed E-state index contributed by atoms with van der Waals surface area (Å²) in [6.45, 7) is 10.5. The van der Waals surface area contributed by atoms with Crippen LogP contribution < -0.4 is 26.2 Å². The molecule has 0 spiro atoms. The zero-order valence-electron chi connectivity index (χ0n) is 20.0. The Balaban J connectivity index is 1.30. The third-order valence-electron chi connectivity index (χ3n) is 4.91. The SMILES string of the molecule is CC(C)Nc1nc(NCCOCCOCCNC(=O)c2ccccc2)nc(N2CCNCC2)n1. The predicted octanol–water partition coefficient (Wildman–Crippen LogP) is 0.977. The van der Waals surface area contributed by atoms with Crippen molar-refractivity contribution in [2.24, 2.45) is 0 Å². The quantitative estimate of drug-likeness (QED) is 0.296. The Bertz CT molecular complexity index is 863. The molecule has 186 valence electrons. The molecule has 0 saturated carbocycles. The van der Waals surface area contributed by atoms with Crippen molar-refractivity contribution < 1.29 is 14.3 Å². The first-order valence-electron chi connectivity index (χ1n) is 11.8. The summed E-state index contributed by atoms with van der Waals surface area (Å²) in [7, 11) is 0. The summed E-state index contributed by atoms with van der Waals surface area (Å²) >= 11 is 0. The molecule has 4 N–H and O–H groups in total. The largest absolute Gasteiger partial charge is 0.377 e. The highest BCUT2D eigenvalue weighted by Gasteiger charge is 2.16. The van der Waals surface area contributed by atoms with Crippen molar-refractivity contribution >= 4 is 23.8 Å². The van der Waals surface area contributed by atoms with Gasteiger partial charge in [-0.2, -0.15) is 15.0 Å². The Morgan fingerprint density at radius 1 is 0.971 bits per heavy atom. The number of amides is 1. The van der Waals surface area contributed by atoms with E-state index in [-0.39, 0.29) is 11.9 Å². The number of carbonyl (C=O) groups is 1. The number of benzene rings is 1. The second-order valence-corrected chi connectivity index (χ2v) is 8.09. The van der Waals surface area contributed by atoms with E-state index in [1.807, 2.05) is 18.2 Å². The molecular weight excluding hydrogens is 436 g/mol. The molecule has 0 aliphatic carbocycles. The van der Waals surface area contributed by atoms with Crippen molar-refractivity contribution in [2.45, 2.75) is 19.9 Å². The standard InChI is InChI=1S/C23H36N8O3/c1-18(2)27-22-28-21(29-23(30-22)31-12-8-24-9-13-31)26-11-15-34-17-16-33-14-10-25-20(32)19-6-4-3-5-7-19/h3-7,18,24H,8-17H2,1-2H3,(H,25,32)(H2,26,27,28,29,30). The number of aromatic nitrogens is 3. The molecule has 1 saturated heterocycles. The lowest BCUT2D eigenvalue weighted by Crippen LogP contribution is -2.44. The molecule has 11 heteroatoms. The number of ether oxygens (including phenoxy) is 2. The van der Waals surface area contributed by atoms with Gasteiger partial charge in [-0.1, -0.05) is 18.2 Å². The van der Waals surface area contributed by atoms with Crippen molar-refractivity contribution in [2.75, 3.05) is 81.2 Å². The second kappa shape index (κ2) is 14.3. The predicted molar refractivity (Wildman–Crippen MR) is 133 cm³/mol. The molecule has 3 rings (SSSR count). The monoisotopic (exact) mass is 472 g/mol. The number of rotatable bonds is 14. The molecule has 1 aliphatic rings. The summed E-state index contributed by atoms with van der Waals surface area (Å²) in [5.74, 6) is 1.67. The second-order valence-electron chi connectivity index (χ2n) is 8.09. The highest BCUT2D eigenvalue weighted by Crippen LogP contribution is 2.14. The van der Waals surface area contributed by atoms with Crippen LogP contribution in [0.1, 0.15) is 24.2 Å². The molecule has 2 aromatic rings. The Kier molecular flexibility index (Phi) is 10.8. The van der Waals surface area contributed by atoms with Gasteiger partial charge >= 0.3 is 0 Å².